The van der Waals surface area contributed by atoms with Gasteiger partial charge in [0.25, 0.3) is 10.0 Å². The lowest BCUT2D eigenvalue weighted by molar-refractivity contribution is -0.126. The summed E-state index contributed by atoms with van der Waals surface area (Å²) in [4.78, 5) is 25.5. The molecule has 1 aliphatic rings. The van der Waals surface area contributed by atoms with Gasteiger partial charge in [0.2, 0.25) is 5.91 Å². The van der Waals surface area contributed by atoms with Crippen molar-refractivity contribution in [3.8, 4) is 0 Å². The van der Waals surface area contributed by atoms with Gasteiger partial charge in [0.05, 0.1) is 24.3 Å². The van der Waals surface area contributed by atoms with Crippen LogP contribution in [0.15, 0.2) is 66.5 Å². The first-order valence-electron chi connectivity index (χ1n) is 10.0. The third kappa shape index (κ3) is 4.64. The zero-order chi connectivity index (χ0) is 21.8. The molecule has 1 aromatic carbocycles. The molecule has 1 amide bonds. The molecule has 1 N–H and O–H groups in total. The summed E-state index contributed by atoms with van der Waals surface area (Å²) in [5.41, 5.74) is 1.56. The molecule has 9 nitrogen and oxygen atoms in total. The number of rotatable bonds is 6. The van der Waals surface area contributed by atoms with Gasteiger partial charge in [0.1, 0.15) is 0 Å². The molecule has 2 aromatic heterocycles. The summed E-state index contributed by atoms with van der Waals surface area (Å²) in [6.07, 6.45) is 8.66. The highest BCUT2D eigenvalue weighted by atomic mass is 32.2. The number of hydrogen-bond acceptors (Lipinski definition) is 6. The second-order valence-corrected chi connectivity index (χ2v) is 9.42. The Morgan fingerprint density at radius 2 is 1.87 bits per heavy atom. The normalized spacial score (nSPS) is 16.7. The molecule has 3 heterocycles. The highest BCUT2D eigenvalue weighted by Crippen LogP contribution is 2.25. The van der Waals surface area contributed by atoms with Crippen LogP contribution in [0.4, 0.5) is 0 Å². The average molecular weight is 441 g/mol. The number of sulfonamides is 1. The van der Waals surface area contributed by atoms with Crippen LogP contribution in [0.2, 0.25) is 0 Å². The van der Waals surface area contributed by atoms with Crippen molar-refractivity contribution in [3.63, 3.8) is 0 Å². The molecule has 1 aliphatic heterocycles. The molecule has 0 saturated carbocycles. The maximum Gasteiger partial charge on any atom is 0.262 e. The van der Waals surface area contributed by atoms with E-state index in [1.165, 1.54) is 16.8 Å². The topological polar surface area (TPSA) is 110 Å². The van der Waals surface area contributed by atoms with Crippen LogP contribution >= 0.6 is 0 Å². The van der Waals surface area contributed by atoms with Crippen LogP contribution in [0, 0.1) is 5.92 Å². The van der Waals surface area contributed by atoms with Crippen molar-refractivity contribution in [1.29, 1.82) is 0 Å². The number of benzene rings is 1. The lowest BCUT2D eigenvalue weighted by atomic mass is 9.95. The fraction of sp³-hybridized carbons (Fsp3) is 0.333. The van der Waals surface area contributed by atoms with E-state index in [0.29, 0.717) is 18.5 Å². The number of imidazole rings is 1. The number of amides is 1. The molecule has 31 heavy (non-hydrogen) atoms. The van der Waals surface area contributed by atoms with Crippen LogP contribution in [-0.2, 0) is 21.9 Å². The molecule has 0 spiro atoms. The number of carbonyl (C=O) groups excluding carboxylic acids is 1. The maximum absolute atomic E-state index is 13.0. The third-order valence-corrected chi connectivity index (χ3v) is 7.19. The fourth-order valence-corrected chi connectivity index (χ4v) is 5.14. The number of piperidine rings is 1. The minimum atomic E-state index is -3.65. The lowest BCUT2D eigenvalue weighted by Gasteiger charge is -2.31. The van der Waals surface area contributed by atoms with E-state index in [-0.39, 0.29) is 29.9 Å². The highest BCUT2D eigenvalue weighted by molar-refractivity contribution is 7.89. The molecule has 0 aliphatic carbocycles. The highest BCUT2D eigenvalue weighted by Gasteiger charge is 2.34. The van der Waals surface area contributed by atoms with E-state index in [0.717, 1.165) is 5.56 Å². The van der Waals surface area contributed by atoms with Gasteiger partial charge in [0.15, 0.2) is 5.03 Å². The van der Waals surface area contributed by atoms with Crippen LogP contribution in [0.5, 0.6) is 0 Å². The fourth-order valence-electron chi connectivity index (χ4n) is 3.71. The standard InChI is InChI=1S/C21H24N6O3S/c1-26-14-19(24-15-26)31(29,30)27-11-7-17(8-12-27)21(28)25-20(16-5-3-2-4-6-16)18-13-22-9-10-23-18/h2-6,9-10,13-15,17,20H,7-8,11-12H2,1H3,(H,25,28). The molecule has 1 fully saturated rings. The summed E-state index contributed by atoms with van der Waals surface area (Å²) in [6, 6.07) is 9.18. The van der Waals surface area contributed by atoms with Gasteiger partial charge in [-0.25, -0.2) is 13.4 Å². The lowest BCUT2D eigenvalue weighted by Crippen LogP contribution is -2.44. The summed E-state index contributed by atoms with van der Waals surface area (Å²) in [7, 11) is -1.92. The summed E-state index contributed by atoms with van der Waals surface area (Å²) < 4.78 is 28.5. The van der Waals surface area contributed by atoms with Crippen molar-refractivity contribution in [2.45, 2.75) is 23.9 Å². The van der Waals surface area contributed by atoms with Crippen LogP contribution in [0.1, 0.15) is 30.1 Å². The summed E-state index contributed by atoms with van der Waals surface area (Å²) in [5, 5.41) is 3.11. The van der Waals surface area contributed by atoms with Gasteiger partial charge in [-0.15, -0.1) is 0 Å². The van der Waals surface area contributed by atoms with Crippen molar-refractivity contribution in [1.82, 2.24) is 29.1 Å². The van der Waals surface area contributed by atoms with E-state index in [4.69, 9.17) is 0 Å². The Bertz CT molecular complexity index is 1090. The van der Waals surface area contributed by atoms with E-state index in [1.807, 2.05) is 30.3 Å². The van der Waals surface area contributed by atoms with Gasteiger partial charge in [-0.3, -0.25) is 14.8 Å². The van der Waals surface area contributed by atoms with E-state index in [2.05, 4.69) is 20.3 Å². The molecule has 0 radical (unpaired) electrons. The number of hydrogen-bond donors (Lipinski definition) is 1. The van der Waals surface area contributed by atoms with Crippen LogP contribution in [0.25, 0.3) is 0 Å². The van der Waals surface area contributed by atoms with E-state index in [9.17, 15) is 13.2 Å². The van der Waals surface area contributed by atoms with Gasteiger partial charge < -0.3 is 9.88 Å². The number of aromatic nitrogens is 4. The summed E-state index contributed by atoms with van der Waals surface area (Å²) in [6.45, 7) is 0.552. The zero-order valence-corrected chi connectivity index (χ0v) is 17.9. The van der Waals surface area contributed by atoms with Gasteiger partial charge >= 0.3 is 0 Å². The zero-order valence-electron chi connectivity index (χ0n) is 17.1. The second kappa shape index (κ2) is 8.94. The molecule has 3 aromatic rings. The summed E-state index contributed by atoms with van der Waals surface area (Å²) >= 11 is 0. The number of nitrogens with zero attached hydrogens (tertiary/aromatic N) is 5. The monoisotopic (exact) mass is 440 g/mol. The molecule has 4 rings (SSSR count). The van der Waals surface area contributed by atoms with Gasteiger partial charge in [-0.1, -0.05) is 30.3 Å². The average Bonchev–Trinajstić information content (AvgIpc) is 3.26. The first-order valence-corrected chi connectivity index (χ1v) is 11.5. The predicted molar refractivity (Wildman–Crippen MR) is 113 cm³/mol. The smallest absolute Gasteiger partial charge is 0.262 e. The van der Waals surface area contributed by atoms with Gasteiger partial charge in [-0.2, -0.15) is 4.31 Å². The van der Waals surface area contributed by atoms with Crippen molar-refractivity contribution in [2.24, 2.45) is 13.0 Å². The van der Waals surface area contributed by atoms with Crippen molar-refractivity contribution < 1.29 is 13.2 Å². The van der Waals surface area contributed by atoms with Gasteiger partial charge in [-0.05, 0) is 18.4 Å². The Morgan fingerprint density at radius 3 is 2.48 bits per heavy atom. The molecule has 162 valence electrons. The Balaban J connectivity index is 1.44. The Kier molecular flexibility index (Phi) is 6.10. The van der Waals surface area contributed by atoms with Crippen LogP contribution in [0.3, 0.4) is 0 Å². The maximum atomic E-state index is 13.0. The van der Waals surface area contributed by atoms with Gasteiger partial charge in [0, 0.05) is 44.6 Å². The van der Waals surface area contributed by atoms with Crippen LogP contribution in [-0.4, -0.2) is 51.2 Å². The van der Waals surface area contributed by atoms with E-state index >= 15 is 0 Å². The Labute approximate surface area is 181 Å². The third-order valence-electron chi connectivity index (χ3n) is 5.41. The molecular weight excluding hydrogens is 416 g/mol. The van der Waals surface area contributed by atoms with Crippen molar-refractivity contribution in [2.75, 3.05) is 13.1 Å². The number of carbonyl (C=O) groups is 1. The minimum absolute atomic E-state index is 0.0321. The molecular formula is C21H24N6O3S. The van der Waals surface area contributed by atoms with Crippen LogP contribution < -0.4 is 5.32 Å². The quantitative estimate of drug-likeness (QED) is 0.622. The number of aryl methyl sites for hydroxylation is 1. The SMILES string of the molecule is Cn1cnc(S(=O)(=O)N2CCC(C(=O)NC(c3ccccc3)c3cnccn3)CC2)c1. The second-order valence-electron chi connectivity index (χ2n) is 7.54. The Morgan fingerprint density at radius 1 is 1.13 bits per heavy atom. The molecule has 1 atom stereocenters. The number of nitrogens with one attached hydrogen (secondary N) is 1. The van der Waals surface area contributed by atoms with Crippen molar-refractivity contribution >= 4 is 15.9 Å². The van der Waals surface area contributed by atoms with E-state index in [1.54, 1.807) is 30.2 Å². The van der Waals surface area contributed by atoms with E-state index < -0.39 is 16.1 Å². The summed E-state index contributed by atoms with van der Waals surface area (Å²) in [5.74, 6) is -0.396. The first-order chi connectivity index (χ1) is 14.9. The molecule has 10 heteroatoms. The molecule has 0 bridgehead atoms. The first kappa shape index (κ1) is 21.1. The molecule has 1 unspecified atom stereocenters. The van der Waals surface area contributed by atoms with Crippen molar-refractivity contribution in [3.05, 3.63) is 72.7 Å². The Hall–Kier alpha value is -3.11. The largest absolute Gasteiger partial charge is 0.343 e. The minimum Gasteiger partial charge on any atom is -0.343 e. The molecule has 1 saturated heterocycles. The predicted octanol–water partition coefficient (Wildman–Crippen LogP) is 1.52.